The molecule has 0 aliphatic carbocycles. The maximum atomic E-state index is 13.1. The number of nitrogens with one attached hydrogen (secondary N) is 3. The molecular formula is C26H27BrN4O7S. The number of amides is 2. The molecule has 3 aromatic rings. The van der Waals surface area contributed by atoms with Crippen molar-refractivity contribution >= 4 is 62.4 Å². The molecule has 206 valence electrons. The Morgan fingerprint density at radius 3 is 2.62 bits per heavy atom. The summed E-state index contributed by atoms with van der Waals surface area (Å²) in [5.41, 5.74) is -0.215. The van der Waals surface area contributed by atoms with Gasteiger partial charge >= 0.3 is 23.2 Å². The predicted molar refractivity (Wildman–Crippen MR) is 150 cm³/mol. The number of carbonyl (C=O) groups is 3. The summed E-state index contributed by atoms with van der Waals surface area (Å²) in [4.78, 5) is 66.1. The topological polar surface area (TPSA) is 149 Å². The van der Waals surface area contributed by atoms with Crippen LogP contribution in [0.4, 0.5) is 10.5 Å². The number of alkyl carbamates (subject to hydrolysis) is 1. The van der Waals surface area contributed by atoms with Gasteiger partial charge in [-0.15, -0.1) is 11.8 Å². The number of esters is 1. The maximum absolute atomic E-state index is 13.1. The molecule has 0 radical (unpaired) electrons. The molecule has 3 N–H and O–H groups in total. The molecule has 1 aliphatic heterocycles. The first-order chi connectivity index (χ1) is 18.4. The number of aromatic amines is 1. The Morgan fingerprint density at radius 1 is 1.18 bits per heavy atom. The standard InChI is InChI=1S/C26H27BrN4O7S/c1-26(2,3)38-25(36)28-11-13-5-6-17(16(7-13)24(35)37-4)29-20(32)10-15-12-39-19-9-14(27)8-18-21(19)31(15)23(34)22(33)30-18/h5-9,15H,10-12H2,1-4H3,(H,28,36)(H,29,32)(H,30,33). The second-order valence-corrected chi connectivity index (χ2v) is 11.9. The number of hydrogen-bond acceptors (Lipinski definition) is 8. The van der Waals surface area contributed by atoms with Crippen LogP contribution in [0.5, 0.6) is 0 Å². The summed E-state index contributed by atoms with van der Waals surface area (Å²) in [6, 6.07) is 7.68. The number of H-pyrrole nitrogens is 1. The van der Waals surface area contributed by atoms with Crippen molar-refractivity contribution in [2.24, 2.45) is 0 Å². The van der Waals surface area contributed by atoms with E-state index in [0.717, 1.165) is 9.37 Å². The van der Waals surface area contributed by atoms with Gasteiger partial charge in [0.1, 0.15) is 5.60 Å². The van der Waals surface area contributed by atoms with Crippen molar-refractivity contribution in [3.8, 4) is 0 Å². The van der Waals surface area contributed by atoms with Gasteiger partial charge in [0, 0.05) is 28.1 Å². The van der Waals surface area contributed by atoms with Gasteiger partial charge in [-0.3, -0.25) is 19.0 Å². The molecule has 13 heteroatoms. The molecule has 0 fully saturated rings. The van der Waals surface area contributed by atoms with Crippen LogP contribution in [0.25, 0.3) is 11.0 Å². The van der Waals surface area contributed by atoms with Gasteiger partial charge in [0.05, 0.1) is 35.4 Å². The second-order valence-electron chi connectivity index (χ2n) is 9.87. The van der Waals surface area contributed by atoms with Gasteiger partial charge in [-0.2, -0.15) is 0 Å². The SMILES string of the molecule is COC(=O)c1cc(CNC(=O)OC(C)(C)C)ccc1NC(=O)CC1CSc2cc(Br)cc3[nH]c(=O)c(=O)n1c23. The number of carbonyl (C=O) groups excluding carboxylic acids is 3. The van der Waals surface area contributed by atoms with Gasteiger partial charge in [-0.1, -0.05) is 22.0 Å². The highest BCUT2D eigenvalue weighted by Crippen LogP contribution is 2.38. The number of anilines is 1. The van der Waals surface area contributed by atoms with Gasteiger partial charge < -0.3 is 25.1 Å². The molecule has 39 heavy (non-hydrogen) atoms. The Bertz CT molecular complexity index is 1590. The minimum absolute atomic E-state index is 0.0867. The number of ether oxygens (including phenoxy) is 2. The number of thioether (sulfide) groups is 1. The van der Waals surface area contributed by atoms with Crippen molar-refractivity contribution in [2.45, 2.75) is 50.3 Å². The molecule has 0 saturated heterocycles. The van der Waals surface area contributed by atoms with E-state index in [2.05, 4.69) is 31.5 Å². The quantitative estimate of drug-likeness (QED) is 0.278. The normalized spacial score (nSPS) is 14.5. The van der Waals surface area contributed by atoms with E-state index in [-0.39, 0.29) is 24.2 Å². The molecule has 1 atom stereocenters. The number of hydrogen-bond donors (Lipinski definition) is 3. The van der Waals surface area contributed by atoms with Gasteiger partial charge in [0.2, 0.25) is 5.91 Å². The highest BCUT2D eigenvalue weighted by Gasteiger charge is 2.28. The van der Waals surface area contributed by atoms with Crippen LogP contribution in [-0.2, 0) is 20.8 Å². The summed E-state index contributed by atoms with van der Waals surface area (Å²) in [5.74, 6) is -0.731. The van der Waals surface area contributed by atoms with Crippen molar-refractivity contribution in [2.75, 3.05) is 18.2 Å². The van der Waals surface area contributed by atoms with Crippen LogP contribution in [0.15, 0.2) is 49.3 Å². The molecule has 4 rings (SSSR count). The van der Waals surface area contributed by atoms with E-state index in [1.165, 1.54) is 35.6 Å². The lowest BCUT2D eigenvalue weighted by molar-refractivity contribution is -0.116. The van der Waals surface area contributed by atoms with E-state index in [1.807, 2.05) is 6.07 Å². The Hall–Kier alpha value is -3.58. The number of halogens is 1. The predicted octanol–water partition coefficient (Wildman–Crippen LogP) is 3.94. The van der Waals surface area contributed by atoms with Crippen molar-refractivity contribution in [1.29, 1.82) is 0 Å². The van der Waals surface area contributed by atoms with Crippen LogP contribution in [0, 0.1) is 0 Å². The van der Waals surface area contributed by atoms with Crippen molar-refractivity contribution in [3.05, 3.63) is 66.6 Å². The summed E-state index contributed by atoms with van der Waals surface area (Å²) in [6.07, 6.45) is -0.716. The molecule has 0 bridgehead atoms. The van der Waals surface area contributed by atoms with E-state index in [9.17, 15) is 24.0 Å². The van der Waals surface area contributed by atoms with Crippen LogP contribution in [0.2, 0.25) is 0 Å². The summed E-state index contributed by atoms with van der Waals surface area (Å²) in [6.45, 7) is 5.33. The maximum Gasteiger partial charge on any atom is 0.407 e. The molecule has 1 aliphatic rings. The number of nitrogens with zero attached hydrogens (tertiary/aromatic N) is 1. The van der Waals surface area contributed by atoms with E-state index in [0.29, 0.717) is 22.3 Å². The third-order valence-electron chi connectivity index (χ3n) is 5.76. The van der Waals surface area contributed by atoms with Crippen LogP contribution >= 0.6 is 27.7 Å². The molecule has 11 nitrogen and oxygen atoms in total. The molecule has 1 unspecified atom stereocenters. The average Bonchev–Trinajstić information content (AvgIpc) is 2.85. The molecule has 1 aromatic heterocycles. The van der Waals surface area contributed by atoms with Crippen LogP contribution in [-0.4, -0.2) is 46.0 Å². The Balaban J connectivity index is 1.55. The van der Waals surface area contributed by atoms with E-state index in [1.54, 1.807) is 32.9 Å². The summed E-state index contributed by atoms with van der Waals surface area (Å²) < 4.78 is 12.2. The van der Waals surface area contributed by atoms with Crippen molar-refractivity contribution in [1.82, 2.24) is 14.9 Å². The fraction of sp³-hybridized carbons (Fsp3) is 0.346. The second kappa shape index (κ2) is 11.3. The zero-order valence-corrected chi connectivity index (χ0v) is 24.1. The van der Waals surface area contributed by atoms with Crippen LogP contribution in [0.3, 0.4) is 0 Å². The van der Waals surface area contributed by atoms with Crippen LogP contribution < -0.4 is 21.8 Å². The minimum atomic E-state index is -0.771. The molecule has 2 amide bonds. The number of benzene rings is 2. The smallest absolute Gasteiger partial charge is 0.407 e. The fourth-order valence-electron chi connectivity index (χ4n) is 4.17. The largest absolute Gasteiger partial charge is 0.465 e. The fourth-order valence-corrected chi connectivity index (χ4v) is 5.97. The average molecular weight is 619 g/mol. The van der Waals surface area contributed by atoms with Crippen molar-refractivity contribution in [3.63, 3.8) is 0 Å². The number of rotatable bonds is 6. The molecule has 0 spiro atoms. The Kier molecular flexibility index (Phi) is 8.21. The van der Waals surface area contributed by atoms with Gasteiger partial charge in [-0.25, -0.2) is 9.59 Å². The lowest BCUT2D eigenvalue weighted by Gasteiger charge is -2.27. The van der Waals surface area contributed by atoms with Crippen molar-refractivity contribution < 1.29 is 23.9 Å². The summed E-state index contributed by atoms with van der Waals surface area (Å²) >= 11 is 4.89. The van der Waals surface area contributed by atoms with E-state index >= 15 is 0 Å². The highest BCUT2D eigenvalue weighted by molar-refractivity contribution is 9.10. The van der Waals surface area contributed by atoms with E-state index in [4.69, 9.17) is 9.47 Å². The summed E-state index contributed by atoms with van der Waals surface area (Å²) in [7, 11) is 1.22. The highest BCUT2D eigenvalue weighted by atomic mass is 79.9. The van der Waals surface area contributed by atoms with Gasteiger partial charge in [0.15, 0.2) is 0 Å². The first-order valence-corrected chi connectivity index (χ1v) is 13.7. The third-order valence-corrected chi connectivity index (χ3v) is 7.39. The molecule has 0 saturated carbocycles. The van der Waals surface area contributed by atoms with Gasteiger partial charge in [0.25, 0.3) is 0 Å². The van der Waals surface area contributed by atoms with Crippen LogP contribution in [0.1, 0.15) is 49.2 Å². The molecule has 2 heterocycles. The van der Waals surface area contributed by atoms with E-state index < -0.39 is 40.7 Å². The third kappa shape index (κ3) is 6.53. The molecular weight excluding hydrogens is 592 g/mol. The Morgan fingerprint density at radius 2 is 1.92 bits per heavy atom. The first kappa shape index (κ1) is 28.4. The molecule has 2 aromatic carbocycles. The lowest BCUT2D eigenvalue weighted by atomic mass is 10.1. The first-order valence-electron chi connectivity index (χ1n) is 11.9. The number of aromatic nitrogens is 2. The van der Waals surface area contributed by atoms with Gasteiger partial charge in [-0.05, 0) is 50.6 Å². The lowest BCUT2D eigenvalue weighted by Crippen LogP contribution is -2.41. The zero-order chi connectivity index (χ0) is 28.5. The summed E-state index contributed by atoms with van der Waals surface area (Å²) in [5, 5.41) is 5.34. The Labute approximate surface area is 235 Å². The minimum Gasteiger partial charge on any atom is -0.465 e. The number of methoxy groups -OCH3 is 1. The monoisotopic (exact) mass is 618 g/mol. The zero-order valence-electron chi connectivity index (χ0n) is 21.7.